The van der Waals surface area contributed by atoms with Crippen molar-refractivity contribution in [3.8, 4) is 0 Å². The van der Waals surface area contributed by atoms with Crippen LogP contribution in [0.4, 0.5) is 0 Å². The minimum atomic E-state index is 0.682. The molecule has 98 valence electrons. The second-order valence-corrected chi connectivity index (χ2v) is 6.17. The molecule has 0 bridgehead atoms. The van der Waals surface area contributed by atoms with E-state index in [4.69, 9.17) is 0 Å². The van der Waals surface area contributed by atoms with Gasteiger partial charge in [0.25, 0.3) is 0 Å². The topological polar surface area (TPSA) is 24.9 Å². The zero-order valence-corrected chi connectivity index (χ0v) is 11.7. The molecule has 0 aliphatic carbocycles. The fourth-order valence-corrected chi connectivity index (χ4v) is 3.68. The van der Waals surface area contributed by atoms with Crippen LogP contribution in [0.2, 0.25) is 0 Å². The van der Waals surface area contributed by atoms with Crippen LogP contribution in [0.5, 0.6) is 0 Å². The third-order valence-corrected chi connectivity index (χ3v) is 4.69. The highest BCUT2D eigenvalue weighted by Crippen LogP contribution is 2.36. The fraction of sp³-hybridized carbons (Fsp3) is 0.312. The van der Waals surface area contributed by atoms with Crippen LogP contribution in [0.1, 0.15) is 11.3 Å². The molecule has 0 fully saturated rings. The Morgan fingerprint density at radius 2 is 2.05 bits per heavy atom. The third-order valence-electron chi connectivity index (χ3n) is 3.37. The summed E-state index contributed by atoms with van der Waals surface area (Å²) < 4.78 is 0. The SMILES string of the molecule is c1ccc(CCNCC2Cc3ccccc3S2)nc1. The number of benzene rings is 1. The Morgan fingerprint density at radius 1 is 1.16 bits per heavy atom. The van der Waals surface area contributed by atoms with E-state index in [1.807, 2.05) is 30.1 Å². The van der Waals surface area contributed by atoms with Crippen LogP contribution in [-0.4, -0.2) is 23.3 Å². The van der Waals surface area contributed by atoms with Crippen LogP contribution in [0.15, 0.2) is 53.6 Å². The number of fused-ring (bicyclic) bond motifs is 1. The summed E-state index contributed by atoms with van der Waals surface area (Å²) in [5, 5.41) is 4.23. The van der Waals surface area contributed by atoms with Gasteiger partial charge in [-0.1, -0.05) is 24.3 Å². The summed E-state index contributed by atoms with van der Waals surface area (Å²) in [7, 11) is 0. The van der Waals surface area contributed by atoms with Crippen LogP contribution in [0.3, 0.4) is 0 Å². The average Bonchev–Trinajstić information content (AvgIpc) is 2.87. The Morgan fingerprint density at radius 3 is 2.89 bits per heavy atom. The standard InChI is InChI=1S/C16H18N2S/c1-2-7-16-13(5-1)11-15(19-16)12-17-10-8-14-6-3-4-9-18-14/h1-7,9,15,17H,8,10-12H2. The van der Waals surface area contributed by atoms with E-state index in [1.165, 1.54) is 16.9 Å². The molecule has 1 aromatic heterocycles. The first-order chi connectivity index (χ1) is 9.42. The van der Waals surface area contributed by atoms with Gasteiger partial charge in [-0.2, -0.15) is 0 Å². The molecule has 2 heterocycles. The van der Waals surface area contributed by atoms with Crippen molar-refractivity contribution in [3.63, 3.8) is 0 Å². The van der Waals surface area contributed by atoms with Crippen molar-refractivity contribution >= 4 is 11.8 Å². The Hall–Kier alpha value is -1.32. The first-order valence-electron chi connectivity index (χ1n) is 6.77. The molecule has 0 saturated carbocycles. The van der Waals surface area contributed by atoms with Gasteiger partial charge in [0.2, 0.25) is 0 Å². The molecule has 0 radical (unpaired) electrons. The highest BCUT2D eigenvalue weighted by Gasteiger charge is 2.20. The summed E-state index contributed by atoms with van der Waals surface area (Å²) in [5.74, 6) is 0. The summed E-state index contributed by atoms with van der Waals surface area (Å²) in [6.07, 6.45) is 4.06. The number of nitrogens with zero attached hydrogens (tertiary/aromatic N) is 1. The van der Waals surface area contributed by atoms with Gasteiger partial charge in [-0.05, 0) is 30.2 Å². The maximum absolute atomic E-state index is 4.34. The number of nitrogens with one attached hydrogen (secondary N) is 1. The lowest BCUT2D eigenvalue weighted by Gasteiger charge is -2.09. The maximum Gasteiger partial charge on any atom is 0.0416 e. The predicted octanol–water partition coefficient (Wildman–Crippen LogP) is 2.93. The Balaban J connectivity index is 1.41. The molecular formula is C16H18N2S. The Labute approximate surface area is 118 Å². The number of thioether (sulfide) groups is 1. The van der Waals surface area contributed by atoms with Gasteiger partial charge in [-0.15, -0.1) is 11.8 Å². The monoisotopic (exact) mass is 270 g/mol. The lowest BCUT2D eigenvalue weighted by atomic mass is 10.1. The average molecular weight is 270 g/mol. The maximum atomic E-state index is 4.34. The molecule has 3 heteroatoms. The molecule has 1 aliphatic heterocycles. The molecule has 3 rings (SSSR count). The Kier molecular flexibility index (Phi) is 4.16. The quantitative estimate of drug-likeness (QED) is 0.846. The van der Waals surface area contributed by atoms with E-state index in [9.17, 15) is 0 Å². The van der Waals surface area contributed by atoms with E-state index in [0.717, 1.165) is 25.2 Å². The third kappa shape index (κ3) is 3.37. The minimum Gasteiger partial charge on any atom is -0.315 e. The van der Waals surface area contributed by atoms with Crippen LogP contribution in [0, 0.1) is 0 Å². The molecule has 1 unspecified atom stereocenters. The lowest BCUT2D eigenvalue weighted by Crippen LogP contribution is -2.26. The van der Waals surface area contributed by atoms with E-state index in [1.54, 1.807) is 0 Å². The fourth-order valence-electron chi connectivity index (χ4n) is 2.39. The second kappa shape index (κ2) is 6.22. The van der Waals surface area contributed by atoms with E-state index in [0.29, 0.717) is 5.25 Å². The summed E-state index contributed by atoms with van der Waals surface area (Å²) >= 11 is 2.00. The number of pyridine rings is 1. The lowest BCUT2D eigenvalue weighted by molar-refractivity contribution is 0.657. The van der Waals surface area contributed by atoms with Crippen molar-refractivity contribution in [1.29, 1.82) is 0 Å². The highest BCUT2D eigenvalue weighted by molar-refractivity contribution is 8.00. The van der Waals surface area contributed by atoms with Gasteiger partial charge < -0.3 is 5.32 Å². The Bertz CT molecular complexity index is 502. The van der Waals surface area contributed by atoms with Crippen molar-refractivity contribution in [3.05, 3.63) is 59.9 Å². The van der Waals surface area contributed by atoms with Gasteiger partial charge >= 0.3 is 0 Å². The van der Waals surface area contributed by atoms with Crippen LogP contribution in [-0.2, 0) is 12.8 Å². The summed E-state index contributed by atoms with van der Waals surface area (Å²) in [4.78, 5) is 5.79. The molecule has 1 aliphatic rings. The zero-order chi connectivity index (χ0) is 12.9. The van der Waals surface area contributed by atoms with Gasteiger partial charge in [-0.3, -0.25) is 4.98 Å². The van der Waals surface area contributed by atoms with Crippen LogP contribution in [0.25, 0.3) is 0 Å². The molecule has 1 N–H and O–H groups in total. The summed E-state index contributed by atoms with van der Waals surface area (Å²) in [6, 6.07) is 14.8. The van der Waals surface area contributed by atoms with Crippen LogP contribution < -0.4 is 5.32 Å². The molecular weight excluding hydrogens is 252 g/mol. The van der Waals surface area contributed by atoms with Crippen molar-refractivity contribution in [2.24, 2.45) is 0 Å². The van der Waals surface area contributed by atoms with Gasteiger partial charge in [0.05, 0.1) is 0 Å². The van der Waals surface area contributed by atoms with Crippen molar-refractivity contribution in [1.82, 2.24) is 10.3 Å². The largest absolute Gasteiger partial charge is 0.315 e. The van der Waals surface area contributed by atoms with E-state index >= 15 is 0 Å². The normalized spacial score (nSPS) is 17.4. The van der Waals surface area contributed by atoms with Crippen molar-refractivity contribution < 1.29 is 0 Å². The first kappa shape index (κ1) is 12.7. The molecule has 1 aromatic carbocycles. The van der Waals surface area contributed by atoms with Crippen molar-refractivity contribution in [2.45, 2.75) is 23.0 Å². The predicted molar refractivity (Wildman–Crippen MR) is 80.6 cm³/mol. The van der Waals surface area contributed by atoms with E-state index in [2.05, 4.69) is 40.6 Å². The van der Waals surface area contributed by atoms with Gasteiger partial charge in [0.1, 0.15) is 0 Å². The molecule has 0 amide bonds. The summed E-state index contributed by atoms with van der Waals surface area (Å²) in [5.41, 5.74) is 2.67. The van der Waals surface area contributed by atoms with Gasteiger partial charge in [-0.25, -0.2) is 0 Å². The number of aromatic nitrogens is 1. The molecule has 2 nitrogen and oxygen atoms in total. The first-order valence-corrected chi connectivity index (χ1v) is 7.65. The van der Waals surface area contributed by atoms with Crippen LogP contribution >= 0.6 is 11.8 Å². The number of hydrogen-bond acceptors (Lipinski definition) is 3. The van der Waals surface area contributed by atoms with E-state index < -0.39 is 0 Å². The zero-order valence-electron chi connectivity index (χ0n) is 10.9. The smallest absolute Gasteiger partial charge is 0.0416 e. The van der Waals surface area contributed by atoms with E-state index in [-0.39, 0.29) is 0 Å². The molecule has 1 atom stereocenters. The molecule has 0 saturated heterocycles. The second-order valence-electron chi connectivity index (χ2n) is 4.83. The molecule has 19 heavy (non-hydrogen) atoms. The van der Waals surface area contributed by atoms with Gasteiger partial charge in [0.15, 0.2) is 0 Å². The summed E-state index contributed by atoms with van der Waals surface area (Å²) in [6.45, 7) is 2.08. The van der Waals surface area contributed by atoms with Crippen molar-refractivity contribution in [2.75, 3.05) is 13.1 Å². The highest BCUT2D eigenvalue weighted by atomic mass is 32.2. The van der Waals surface area contributed by atoms with Gasteiger partial charge in [0, 0.05) is 41.5 Å². The number of rotatable bonds is 5. The molecule has 2 aromatic rings. The minimum absolute atomic E-state index is 0.682. The number of hydrogen-bond donors (Lipinski definition) is 1. The molecule has 0 spiro atoms.